The van der Waals surface area contributed by atoms with E-state index in [1.54, 1.807) is 10.8 Å². The molecule has 0 aliphatic carbocycles. The predicted octanol–water partition coefficient (Wildman–Crippen LogP) is 3.58. The second-order valence-corrected chi connectivity index (χ2v) is 6.47. The molecule has 0 atom stereocenters. The van der Waals surface area contributed by atoms with E-state index in [1.165, 1.54) is 0 Å². The molecule has 5 heteroatoms. The number of hydrogen-bond donors (Lipinski definition) is 0. The minimum absolute atomic E-state index is 0.126. The average molecular weight is 365 g/mol. The van der Waals surface area contributed by atoms with E-state index in [0.717, 1.165) is 23.4 Å². The van der Waals surface area contributed by atoms with Crippen LogP contribution in [0, 0.1) is 13.8 Å². The fourth-order valence-electron chi connectivity index (χ4n) is 2.17. The van der Waals surface area contributed by atoms with Gasteiger partial charge in [-0.2, -0.15) is 0 Å². The Morgan fingerprint density at radius 2 is 1.77 bits per heavy atom. The van der Waals surface area contributed by atoms with Gasteiger partial charge in [-0.15, -0.1) is 0 Å². The van der Waals surface area contributed by atoms with Gasteiger partial charge in [0.2, 0.25) is 5.75 Å². The molecule has 0 fully saturated rings. The Labute approximate surface area is 139 Å². The zero-order valence-electron chi connectivity index (χ0n) is 13.4. The van der Waals surface area contributed by atoms with E-state index < -0.39 is 0 Å². The lowest BCUT2D eigenvalue weighted by molar-refractivity contribution is 0.376. The highest BCUT2D eigenvalue weighted by Gasteiger charge is 2.13. The molecule has 0 saturated heterocycles. The van der Waals surface area contributed by atoms with Gasteiger partial charge in [0.25, 0.3) is 5.56 Å². The molecule has 0 unspecified atom stereocenters. The van der Waals surface area contributed by atoms with Gasteiger partial charge in [-0.25, -0.2) is 0 Å². The first-order valence-corrected chi connectivity index (χ1v) is 7.97. The van der Waals surface area contributed by atoms with Crippen molar-refractivity contribution in [1.82, 2.24) is 9.47 Å². The molecule has 4 nitrogen and oxygen atoms in total. The fourth-order valence-corrected chi connectivity index (χ4v) is 2.54. The first-order chi connectivity index (χ1) is 10.4. The summed E-state index contributed by atoms with van der Waals surface area (Å²) in [5.41, 5.74) is 1.89. The molecule has 1 aromatic heterocycles. The first kappa shape index (κ1) is 16.8. The van der Waals surface area contributed by atoms with Crippen molar-refractivity contribution >= 4 is 15.9 Å². The Hall–Kier alpha value is -1.59. The number of nitrogens with zero attached hydrogens (tertiary/aromatic N) is 2. The topological polar surface area (TPSA) is 34.5 Å². The van der Waals surface area contributed by atoms with E-state index in [0.29, 0.717) is 16.8 Å². The Morgan fingerprint density at radius 3 is 2.36 bits per heavy atom. The lowest BCUT2D eigenvalue weighted by atomic mass is 10.1. The average Bonchev–Trinajstić information content (AvgIpc) is 2.45. The number of likely N-dealkylation sites (N-methyl/N-ethyl adjacent to an activating group) is 1. The van der Waals surface area contributed by atoms with Gasteiger partial charge in [0, 0.05) is 19.3 Å². The number of pyridine rings is 1. The molecule has 0 radical (unpaired) electrons. The highest BCUT2D eigenvalue weighted by molar-refractivity contribution is 9.10. The maximum atomic E-state index is 12.6. The SMILES string of the molecule is Cc1cccc(C)c1Oc1c(Br)ccn(CCN(C)C)c1=O. The third-order valence-corrected chi connectivity index (χ3v) is 4.10. The van der Waals surface area contributed by atoms with Gasteiger partial charge < -0.3 is 14.2 Å². The third-order valence-electron chi connectivity index (χ3n) is 3.47. The number of ether oxygens (including phenoxy) is 1. The van der Waals surface area contributed by atoms with Crippen molar-refractivity contribution in [3.8, 4) is 11.5 Å². The molecule has 2 rings (SSSR count). The van der Waals surface area contributed by atoms with Gasteiger partial charge in [-0.05, 0) is 61.1 Å². The van der Waals surface area contributed by atoms with Crippen molar-refractivity contribution in [3.63, 3.8) is 0 Å². The van der Waals surface area contributed by atoms with E-state index in [9.17, 15) is 4.79 Å². The molecule has 0 amide bonds. The molecule has 22 heavy (non-hydrogen) atoms. The zero-order valence-corrected chi connectivity index (χ0v) is 15.0. The molecule has 0 N–H and O–H groups in total. The summed E-state index contributed by atoms with van der Waals surface area (Å²) in [7, 11) is 3.97. The molecule has 1 aromatic carbocycles. The van der Waals surface area contributed by atoms with E-state index in [-0.39, 0.29) is 5.56 Å². The van der Waals surface area contributed by atoms with E-state index >= 15 is 0 Å². The fraction of sp³-hybridized carbons (Fsp3) is 0.353. The van der Waals surface area contributed by atoms with Gasteiger partial charge in [0.1, 0.15) is 5.75 Å². The largest absolute Gasteiger partial charge is 0.450 e. The standard InChI is InChI=1S/C17H21BrN2O2/c1-12-6-5-7-13(2)15(12)22-16-14(18)8-9-20(17(16)21)11-10-19(3)4/h5-9H,10-11H2,1-4H3. The maximum Gasteiger partial charge on any atom is 0.294 e. The molecular formula is C17H21BrN2O2. The Bertz CT molecular complexity index is 703. The van der Waals surface area contributed by atoms with Gasteiger partial charge in [0.15, 0.2) is 0 Å². The number of hydrogen-bond acceptors (Lipinski definition) is 3. The summed E-state index contributed by atoms with van der Waals surface area (Å²) >= 11 is 3.42. The normalized spacial score (nSPS) is 11.0. The number of halogens is 1. The second kappa shape index (κ2) is 7.11. The zero-order chi connectivity index (χ0) is 16.3. The molecule has 1 heterocycles. The number of para-hydroxylation sites is 1. The van der Waals surface area contributed by atoms with Crippen molar-refractivity contribution < 1.29 is 4.74 Å². The van der Waals surface area contributed by atoms with Crippen molar-refractivity contribution in [2.24, 2.45) is 0 Å². The second-order valence-electron chi connectivity index (χ2n) is 5.62. The van der Waals surface area contributed by atoms with Crippen molar-refractivity contribution in [3.05, 3.63) is 56.4 Å². The van der Waals surface area contributed by atoms with E-state index in [4.69, 9.17) is 4.74 Å². The minimum Gasteiger partial charge on any atom is -0.450 e. The number of benzene rings is 1. The van der Waals surface area contributed by atoms with Crippen LogP contribution in [0.3, 0.4) is 0 Å². The molecule has 2 aromatic rings. The number of aryl methyl sites for hydroxylation is 2. The van der Waals surface area contributed by atoms with Crippen LogP contribution in [-0.2, 0) is 6.54 Å². The summed E-state index contributed by atoms with van der Waals surface area (Å²) < 4.78 is 8.30. The van der Waals surface area contributed by atoms with Crippen molar-refractivity contribution in [2.75, 3.05) is 20.6 Å². The summed E-state index contributed by atoms with van der Waals surface area (Å²) in [5.74, 6) is 1.07. The minimum atomic E-state index is -0.126. The lowest BCUT2D eigenvalue weighted by Gasteiger charge is -2.15. The van der Waals surface area contributed by atoms with Crippen LogP contribution in [-0.4, -0.2) is 30.1 Å². The quantitative estimate of drug-likeness (QED) is 0.812. The molecule has 118 valence electrons. The highest BCUT2D eigenvalue weighted by Crippen LogP contribution is 2.30. The molecule has 0 bridgehead atoms. The molecule has 0 aliphatic heterocycles. The Kier molecular flexibility index (Phi) is 5.42. The lowest BCUT2D eigenvalue weighted by Crippen LogP contribution is -2.26. The first-order valence-electron chi connectivity index (χ1n) is 7.18. The third kappa shape index (κ3) is 3.78. The summed E-state index contributed by atoms with van der Waals surface area (Å²) in [6, 6.07) is 7.78. The molecule has 0 spiro atoms. The van der Waals surface area contributed by atoms with Crippen LogP contribution in [0.2, 0.25) is 0 Å². The van der Waals surface area contributed by atoms with Gasteiger partial charge in [-0.1, -0.05) is 18.2 Å². The van der Waals surface area contributed by atoms with Gasteiger partial charge >= 0.3 is 0 Å². The Morgan fingerprint density at radius 1 is 1.14 bits per heavy atom. The summed E-state index contributed by atoms with van der Waals surface area (Å²) in [6.07, 6.45) is 1.79. The maximum absolute atomic E-state index is 12.6. The van der Waals surface area contributed by atoms with Crippen LogP contribution >= 0.6 is 15.9 Å². The van der Waals surface area contributed by atoms with Crippen LogP contribution in [0.15, 0.2) is 39.7 Å². The molecule has 0 aliphatic rings. The Balaban J connectivity index is 2.38. The van der Waals surface area contributed by atoms with Crippen molar-refractivity contribution in [1.29, 1.82) is 0 Å². The summed E-state index contributed by atoms with van der Waals surface area (Å²) in [4.78, 5) is 14.7. The van der Waals surface area contributed by atoms with Gasteiger partial charge in [0.05, 0.1) is 4.47 Å². The van der Waals surface area contributed by atoms with Crippen LogP contribution < -0.4 is 10.3 Å². The summed E-state index contributed by atoms with van der Waals surface area (Å²) in [5, 5.41) is 0. The molecular weight excluding hydrogens is 344 g/mol. The van der Waals surface area contributed by atoms with Crippen molar-refractivity contribution in [2.45, 2.75) is 20.4 Å². The van der Waals surface area contributed by atoms with Crippen LogP contribution in [0.25, 0.3) is 0 Å². The summed E-state index contributed by atoms with van der Waals surface area (Å²) in [6.45, 7) is 5.38. The smallest absolute Gasteiger partial charge is 0.294 e. The number of aromatic nitrogens is 1. The van der Waals surface area contributed by atoms with E-state index in [2.05, 4.69) is 15.9 Å². The van der Waals surface area contributed by atoms with Crippen LogP contribution in [0.4, 0.5) is 0 Å². The van der Waals surface area contributed by atoms with Gasteiger partial charge in [-0.3, -0.25) is 4.79 Å². The monoisotopic (exact) mass is 364 g/mol. The predicted molar refractivity (Wildman–Crippen MR) is 92.9 cm³/mol. The highest BCUT2D eigenvalue weighted by atomic mass is 79.9. The number of rotatable bonds is 5. The van der Waals surface area contributed by atoms with Crippen LogP contribution in [0.5, 0.6) is 11.5 Å². The molecule has 0 saturated carbocycles. The van der Waals surface area contributed by atoms with E-state index in [1.807, 2.05) is 57.1 Å². The van der Waals surface area contributed by atoms with Crippen LogP contribution in [0.1, 0.15) is 11.1 Å².